The Kier molecular flexibility index (Phi) is 5.34. The zero-order valence-corrected chi connectivity index (χ0v) is 16.7. The van der Waals surface area contributed by atoms with E-state index in [1.807, 2.05) is 25.2 Å². The standard InChI is InChI=1S/C23H25FN4O/c1-16(27(2)18-7-4-3-5-8-18)15-25-23(29)22-20-9-6-10-21(20)28(26-22)19-13-11-17(24)12-14-19/h3-5,7-8,11-14,16H,6,9-10,15H2,1-2H3,(H,25,29). The molecule has 0 fully saturated rings. The summed E-state index contributed by atoms with van der Waals surface area (Å²) in [6, 6.07) is 16.4. The number of carbonyl (C=O) groups excluding carboxylic acids is 1. The highest BCUT2D eigenvalue weighted by Crippen LogP contribution is 2.28. The van der Waals surface area contributed by atoms with E-state index in [0.29, 0.717) is 12.2 Å². The van der Waals surface area contributed by atoms with E-state index in [-0.39, 0.29) is 17.8 Å². The number of carbonyl (C=O) groups is 1. The predicted molar refractivity (Wildman–Crippen MR) is 112 cm³/mol. The summed E-state index contributed by atoms with van der Waals surface area (Å²) >= 11 is 0. The van der Waals surface area contributed by atoms with Crippen molar-refractivity contribution in [2.45, 2.75) is 32.2 Å². The Bertz CT molecular complexity index is 998. The minimum Gasteiger partial charge on any atom is -0.370 e. The lowest BCUT2D eigenvalue weighted by atomic mass is 10.2. The lowest BCUT2D eigenvalue weighted by molar-refractivity contribution is 0.0945. The molecule has 1 aliphatic rings. The largest absolute Gasteiger partial charge is 0.370 e. The third-order valence-corrected chi connectivity index (χ3v) is 5.60. The molecule has 0 bridgehead atoms. The van der Waals surface area contributed by atoms with Crippen LogP contribution in [0.2, 0.25) is 0 Å². The van der Waals surface area contributed by atoms with E-state index in [0.717, 1.165) is 41.9 Å². The number of likely N-dealkylation sites (N-methyl/N-ethyl adjacent to an activating group) is 1. The number of fused-ring (bicyclic) bond motifs is 1. The van der Waals surface area contributed by atoms with Gasteiger partial charge in [0, 0.05) is 36.6 Å². The van der Waals surface area contributed by atoms with Crippen LogP contribution in [0.1, 0.15) is 35.1 Å². The second-order valence-corrected chi connectivity index (χ2v) is 7.52. The van der Waals surface area contributed by atoms with E-state index in [1.165, 1.54) is 12.1 Å². The minimum atomic E-state index is -0.285. The highest BCUT2D eigenvalue weighted by Gasteiger charge is 2.27. The predicted octanol–water partition coefficient (Wildman–Crippen LogP) is 3.75. The van der Waals surface area contributed by atoms with Gasteiger partial charge < -0.3 is 10.2 Å². The van der Waals surface area contributed by atoms with Crippen LogP contribution < -0.4 is 10.2 Å². The molecule has 150 valence electrons. The van der Waals surface area contributed by atoms with Crippen LogP contribution in [0.25, 0.3) is 5.69 Å². The average molecular weight is 392 g/mol. The number of halogens is 1. The maximum absolute atomic E-state index is 13.3. The zero-order chi connectivity index (χ0) is 20.4. The van der Waals surface area contributed by atoms with Crippen LogP contribution in [0.15, 0.2) is 54.6 Å². The molecule has 0 saturated carbocycles. The van der Waals surface area contributed by atoms with Crippen molar-refractivity contribution in [2.75, 3.05) is 18.5 Å². The molecular formula is C23H25FN4O. The van der Waals surface area contributed by atoms with Gasteiger partial charge in [-0.05, 0) is 62.6 Å². The summed E-state index contributed by atoms with van der Waals surface area (Å²) in [5.74, 6) is -0.440. The molecule has 1 heterocycles. The SMILES string of the molecule is CC(CNC(=O)c1nn(-c2ccc(F)cc2)c2c1CCC2)N(C)c1ccccc1. The molecule has 1 atom stereocenters. The van der Waals surface area contributed by atoms with Gasteiger partial charge in [0.05, 0.1) is 5.69 Å². The fourth-order valence-corrected chi connectivity index (χ4v) is 3.79. The van der Waals surface area contributed by atoms with Crippen molar-refractivity contribution >= 4 is 11.6 Å². The Morgan fingerprint density at radius 1 is 1.17 bits per heavy atom. The Morgan fingerprint density at radius 3 is 2.62 bits per heavy atom. The van der Waals surface area contributed by atoms with Crippen LogP contribution in [0.3, 0.4) is 0 Å². The molecule has 0 spiro atoms. The van der Waals surface area contributed by atoms with Gasteiger partial charge in [0.1, 0.15) is 5.82 Å². The van der Waals surface area contributed by atoms with Crippen molar-refractivity contribution in [1.29, 1.82) is 0 Å². The van der Waals surface area contributed by atoms with E-state index in [1.54, 1.807) is 16.8 Å². The lowest BCUT2D eigenvalue weighted by Crippen LogP contribution is -2.40. The second kappa shape index (κ2) is 8.07. The molecule has 1 amide bonds. The number of benzene rings is 2. The Morgan fingerprint density at radius 2 is 1.90 bits per heavy atom. The quantitative estimate of drug-likeness (QED) is 0.695. The van der Waals surface area contributed by atoms with Gasteiger partial charge in [-0.1, -0.05) is 18.2 Å². The van der Waals surface area contributed by atoms with Crippen molar-refractivity contribution < 1.29 is 9.18 Å². The molecule has 4 rings (SSSR count). The number of hydrogen-bond acceptors (Lipinski definition) is 3. The van der Waals surface area contributed by atoms with Gasteiger partial charge in [-0.15, -0.1) is 0 Å². The fraction of sp³-hybridized carbons (Fsp3) is 0.304. The Labute approximate surface area is 170 Å². The third-order valence-electron chi connectivity index (χ3n) is 5.60. The molecule has 29 heavy (non-hydrogen) atoms. The van der Waals surface area contributed by atoms with Gasteiger partial charge in [0.25, 0.3) is 5.91 Å². The van der Waals surface area contributed by atoms with Crippen LogP contribution in [-0.4, -0.2) is 35.3 Å². The van der Waals surface area contributed by atoms with E-state index in [9.17, 15) is 9.18 Å². The minimum absolute atomic E-state index is 0.133. The smallest absolute Gasteiger partial charge is 0.272 e. The fourth-order valence-electron chi connectivity index (χ4n) is 3.79. The molecule has 0 aliphatic heterocycles. The Balaban J connectivity index is 1.49. The summed E-state index contributed by atoms with van der Waals surface area (Å²) in [6.07, 6.45) is 2.72. The van der Waals surface area contributed by atoms with E-state index < -0.39 is 0 Å². The second-order valence-electron chi connectivity index (χ2n) is 7.52. The molecule has 0 radical (unpaired) electrons. The first-order valence-corrected chi connectivity index (χ1v) is 9.97. The average Bonchev–Trinajstić information content (AvgIpc) is 3.35. The topological polar surface area (TPSA) is 50.2 Å². The normalized spacial score (nSPS) is 13.8. The number of para-hydroxylation sites is 1. The monoisotopic (exact) mass is 392 g/mol. The molecule has 1 aromatic heterocycles. The number of hydrogen-bond donors (Lipinski definition) is 1. The molecule has 5 nitrogen and oxygen atoms in total. The molecule has 1 N–H and O–H groups in total. The van der Waals surface area contributed by atoms with E-state index in [2.05, 4.69) is 34.4 Å². The third kappa shape index (κ3) is 3.88. The van der Waals surface area contributed by atoms with Gasteiger partial charge in [-0.25, -0.2) is 9.07 Å². The van der Waals surface area contributed by atoms with Gasteiger partial charge in [0.15, 0.2) is 5.69 Å². The van der Waals surface area contributed by atoms with Crippen LogP contribution in [0.4, 0.5) is 10.1 Å². The zero-order valence-electron chi connectivity index (χ0n) is 16.7. The van der Waals surface area contributed by atoms with Crippen LogP contribution >= 0.6 is 0 Å². The summed E-state index contributed by atoms with van der Waals surface area (Å²) in [5.41, 5.74) is 4.43. The molecule has 1 unspecified atom stereocenters. The van der Waals surface area contributed by atoms with Gasteiger partial charge in [-0.3, -0.25) is 4.79 Å². The van der Waals surface area contributed by atoms with E-state index in [4.69, 9.17) is 0 Å². The summed E-state index contributed by atoms with van der Waals surface area (Å²) in [4.78, 5) is 15.0. The molecular weight excluding hydrogens is 367 g/mol. The summed E-state index contributed by atoms with van der Waals surface area (Å²) in [7, 11) is 2.02. The van der Waals surface area contributed by atoms with Gasteiger partial charge in [-0.2, -0.15) is 5.10 Å². The van der Waals surface area contributed by atoms with E-state index >= 15 is 0 Å². The molecule has 2 aromatic carbocycles. The molecule has 3 aromatic rings. The van der Waals surface area contributed by atoms with Gasteiger partial charge >= 0.3 is 0 Å². The van der Waals surface area contributed by atoms with Crippen molar-refractivity contribution in [3.05, 3.63) is 77.4 Å². The first-order chi connectivity index (χ1) is 14.0. The van der Waals surface area contributed by atoms with Crippen molar-refractivity contribution in [2.24, 2.45) is 0 Å². The number of amides is 1. The highest BCUT2D eigenvalue weighted by atomic mass is 19.1. The van der Waals surface area contributed by atoms with Crippen LogP contribution in [-0.2, 0) is 12.8 Å². The molecule has 6 heteroatoms. The Hall–Kier alpha value is -3.15. The first kappa shape index (κ1) is 19.2. The number of nitrogens with zero attached hydrogens (tertiary/aromatic N) is 3. The van der Waals surface area contributed by atoms with Crippen molar-refractivity contribution in [3.63, 3.8) is 0 Å². The maximum Gasteiger partial charge on any atom is 0.272 e. The number of nitrogens with one attached hydrogen (secondary N) is 1. The number of anilines is 1. The van der Waals surface area contributed by atoms with Gasteiger partial charge in [0.2, 0.25) is 0 Å². The summed E-state index contributed by atoms with van der Waals surface area (Å²) in [6.45, 7) is 2.59. The lowest BCUT2D eigenvalue weighted by Gasteiger charge is -2.27. The van der Waals surface area contributed by atoms with Crippen LogP contribution in [0, 0.1) is 5.82 Å². The maximum atomic E-state index is 13.3. The molecule has 0 saturated heterocycles. The van der Waals surface area contributed by atoms with Crippen molar-refractivity contribution in [1.82, 2.24) is 15.1 Å². The highest BCUT2D eigenvalue weighted by molar-refractivity contribution is 5.94. The summed E-state index contributed by atoms with van der Waals surface area (Å²) < 4.78 is 15.1. The number of rotatable bonds is 6. The van der Waals surface area contributed by atoms with Crippen LogP contribution in [0.5, 0.6) is 0 Å². The van der Waals surface area contributed by atoms with Crippen molar-refractivity contribution in [3.8, 4) is 5.69 Å². The first-order valence-electron chi connectivity index (χ1n) is 9.97. The molecule has 1 aliphatic carbocycles. The number of aromatic nitrogens is 2. The summed E-state index contributed by atoms with van der Waals surface area (Å²) in [5, 5.41) is 7.62.